The molecule has 0 aliphatic carbocycles. The molecule has 0 aliphatic heterocycles. The Hall–Kier alpha value is -2.66. The molecule has 0 radical (unpaired) electrons. The Balaban J connectivity index is 1.88. The maximum atomic E-state index is 10.7. The van der Waals surface area contributed by atoms with Crippen LogP contribution in [0.3, 0.4) is 0 Å². The molecule has 1 unspecified atom stereocenters. The number of hydrogen-bond acceptors (Lipinski definition) is 4. The molecule has 0 aromatic heterocycles. The molecule has 2 aromatic carbocycles. The molecular weight excluding hydrogens is 292 g/mol. The van der Waals surface area contributed by atoms with Gasteiger partial charge in [0.25, 0.3) is 0 Å². The maximum Gasteiger partial charge on any atom is 0.320 e. The van der Waals surface area contributed by atoms with Crippen LogP contribution in [0.25, 0.3) is 0 Å². The molecule has 0 spiro atoms. The van der Waals surface area contributed by atoms with Crippen molar-refractivity contribution >= 4 is 11.7 Å². The van der Waals surface area contributed by atoms with E-state index in [1.165, 1.54) is 0 Å². The Morgan fingerprint density at radius 2 is 1.74 bits per heavy atom. The van der Waals surface area contributed by atoms with E-state index in [0.717, 1.165) is 22.4 Å². The van der Waals surface area contributed by atoms with Crippen molar-refractivity contribution < 1.29 is 14.7 Å². The number of nitrogens with zero attached hydrogens (tertiary/aromatic N) is 1. The monoisotopic (exact) mass is 312 g/mol. The highest BCUT2D eigenvalue weighted by atomic mass is 16.6. The average molecular weight is 312 g/mol. The minimum Gasteiger partial charge on any atom is -0.480 e. The van der Waals surface area contributed by atoms with Crippen LogP contribution in [0.5, 0.6) is 0 Å². The standard InChI is InChI=1S/C18H20N2O3/c1-13(16-5-3-2-4-6-16)20-23-12-15-9-7-14(8-10-15)11-17(19)18(21)22/h2-10,17H,11-12,19H2,1H3,(H,21,22)/b20-13-. The topological polar surface area (TPSA) is 84.9 Å². The van der Waals surface area contributed by atoms with Crippen molar-refractivity contribution in [3.05, 3.63) is 71.3 Å². The van der Waals surface area contributed by atoms with Crippen molar-refractivity contribution in [2.24, 2.45) is 10.9 Å². The number of nitrogens with two attached hydrogens (primary N) is 1. The van der Waals surface area contributed by atoms with Crippen LogP contribution in [0.15, 0.2) is 59.8 Å². The molecule has 0 saturated heterocycles. The van der Waals surface area contributed by atoms with Gasteiger partial charge in [-0.2, -0.15) is 0 Å². The first-order valence-electron chi connectivity index (χ1n) is 7.34. The van der Waals surface area contributed by atoms with Gasteiger partial charge in [0.2, 0.25) is 0 Å². The number of rotatable bonds is 7. The summed E-state index contributed by atoms with van der Waals surface area (Å²) in [5, 5.41) is 12.9. The lowest BCUT2D eigenvalue weighted by molar-refractivity contribution is -0.138. The fraction of sp³-hybridized carbons (Fsp3) is 0.222. The van der Waals surface area contributed by atoms with E-state index in [0.29, 0.717) is 13.0 Å². The number of carboxylic acids is 1. The summed E-state index contributed by atoms with van der Waals surface area (Å²) in [7, 11) is 0. The predicted molar refractivity (Wildman–Crippen MR) is 89.2 cm³/mol. The predicted octanol–water partition coefficient (Wildman–Crippen LogP) is 2.58. The molecule has 0 aliphatic rings. The van der Waals surface area contributed by atoms with E-state index >= 15 is 0 Å². The van der Waals surface area contributed by atoms with Crippen LogP contribution in [0.4, 0.5) is 0 Å². The summed E-state index contributed by atoms with van der Waals surface area (Å²) in [5.41, 5.74) is 9.19. The third-order valence-electron chi connectivity index (χ3n) is 3.42. The molecule has 5 heteroatoms. The number of carboxylic acid groups (broad SMARTS) is 1. The number of hydrogen-bond donors (Lipinski definition) is 2. The SMILES string of the molecule is C/C(=N/OCc1ccc(CC(N)C(=O)O)cc1)c1ccccc1. The Bertz CT molecular complexity index is 666. The van der Waals surface area contributed by atoms with Crippen molar-refractivity contribution in [1.82, 2.24) is 0 Å². The molecule has 2 aromatic rings. The van der Waals surface area contributed by atoms with Gasteiger partial charge in [-0.05, 0) is 30.0 Å². The zero-order valence-corrected chi connectivity index (χ0v) is 13.0. The quantitative estimate of drug-likeness (QED) is 0.608. The van der Waals surface area contributed by atoms with Gasteiger partial charge in [0.1, 0.15) is 12.6 Å². The molecule has 0 fully saturated rings. The molecule has 120 valence electrons. The van der Waals surface area contributed by atoms with Gasteiger partial charge in [-0.25, -0.2) is 0 Å². The molecule has 3 N–H and O–H groups in total. The lowest BCUT2D eigenvalue weighted by Gasteiger charge is -2.07. The van der Waals surface area contributed by atoms with Gasteiger partial charge in [0.05, 0.1) is 5.71 Å². The van der Waals surface area contributed by atoms with Gasteiger partial charge in [0.15, 0.2) is 0 Å². The van der Waals surface area contributed by atoms with E-state index in [-0.39, 0.29) is 0 Å². The third-order valence-corrected chi connectivity index (χ3v) is 3.42. The zero-order chi connectivity index (χ0) is 16.7. The van der Waals surface area contributed by atoms with E-state index in [1.54, 1.807) is 0 Å². The van der Waals surface area contributed by atoms with Crippen molar-refractivity contribution in [2.75, 3.05) is 0 Å². The summed E-state index contributed by atoms with van der Waals surface area (Å²) in [6.45, 7) is 2.25. The van der Waals surface area contributed by atoms with Crippen LogP contribution < -0.4 is 5.73 Å². The smallest absolute Gasteiger partial charge is 0.320 e. The second kappa shape index (κ2) is 8.10. The van der Waals surface area contributed by atoms with Gasteiger partial charge in [-0.15, -0.1) is 0 Å². The molecule has 0 amide bonds. The van der Waals surface area contributed by atoms with Gasteiger partial charge in [0, 0.05) is 0 Å². The van der Waals surface area contributed by atoms with Crippen LogP contribution in [0.1, 0.15) is 23.6 Å². The van der Waals surface area contributed by atoms with Crippen LogP contribution >= 0.6 is 0 Å². The Morgan fingerprint density at radius 1 is 1.13 bits per heavy atom. The summed E-state index contributed by atoms with van der Waals surface area (Å²) in [5.74, 6) is -0.997. The van der Waals surface area contributed by atoms with Crippen molar-refractivity contribution in [3.8, 4) is 0 Å². The Morgan fingerprint density at radius 3 is 2.35 bits per heavy atom. The third kappa shape index (κ3) is 5.23. The van der Waals surface area contributed by atoms with Gasteiger partial charge in [-0.3, -0.25) is 4.79 Å². The Kier molecular flexibility index (Phi) is 5.88. The number of carbonyl (C=O) groups is 1. The highest BCUT2D eigenvalue weighted by Crippen LogP contribution is 2.09. The van der Waals surface area contributed by atoms with Crippen LogP contribution in [0.2, 0.25) is 0 Å². The molecule has 2 rings (SSSR count). The number of oxime groups is 1. The van der Waals surface area contributed by atoms with Crippen LogP contribution in [-0.4, -0.2) is 22.8 Å². The molecule has 23 heavy (non-hydrogen) atoms. The number of aliphatic carboxylic acids is 1. The summed E-state index contributed by atoms with van der Waals surface area (Å²) >= 11 is 0. The second-order valence-corrected chi connectivity index (χ2v) is 5.28. The van der Waals surface area contributed by atoms with Gasteiger partial charge < -0.3 is 15.7 Å². The molecule has 0 bridgehead atoms. The fourth-order valence-electron chi connectivity index (χ4n) is 2.05. The highest BCUT2D eigenvalue weighted by Gasteiger charge is 2.11. The van der Waals surface area contributed by atoms with Crippen molar-refractivity contribution in [3.63, 3.8) is 0 Å². The molecule has 0 heterocycles. The molecular formula is C18H20N2O3. The lowest BCUT2D eigenvalue weighted by Crippen LogP contribution is -2.32. The van der Waals surface area contributed by atoms with Gasteiger partial charge in [-0.1, -0.05) is 59.8 Å². The minimum atomic E-state index is -0.997. The van der Waals surface area contributed by atoms with E-state index in [1.807, 2.05) is 61.5 Å². The van der Waals surface area contributed by atoms with Crippen molar-refractivity contribution in [2.45, 2.75) is 26.0 Å². The lowest BCUT2D eigenvalue weighted by atomic mass is 10.1. The first-order chi connectivity index (χ1) is 11.1. The summed E-state index contributed by atoms with van der Waals surface area (Å²) in [6, 6.07) is 16.4. The minimum absolute atomic E-state index is 0.307. The second-order valence-electron chi connectivity index (χ2n) is 5.28. The molecule has 0 saturated carbocycles. The molecule has 1 atom stereocenters. The van der Waals surface area contributed by atoms with Crippen LogP contribution in [-0.2, 0) is 22.7 Å². The first-order valence-corrected chi connectivity index (χ1v) is 7.34. The molecule has 5 nitrogen and oxygen atoms in total. The van der Waals surface area contributed by atoms with E-state index < -0.39 is 12.0 Å². The Labute approximate surface area is 135 Å². The fourth-order valence-corrected chi connectivity index (χ4v) is 2.05. The zero-order valence-electron chi connectivity index (χ0n) is 13.0. The largest absolute Gasteiger partial charge is 0.480 e. The van der Waals surface area contributed by atoms with E-state index in [2.05, 4.69) is 5.16 Å². The first kappa shape index (κ1) is 16.7. The highest BCUT2D eigenvalue weighted by molar-refractivity contribution is 5.98. The average Bonchev–Trinajstić information content (AvgIpc) is 2.57. The summed E-state index contributed by atoms with van der Waals surface area (Å²) < 4.78 is 0. The number of benzene rings is 2. The maximum absolute atomic E-state index is 10.7. The summed E-state index contributed by atoms with van der Waals surface area (Å²) in [4.78, 5) is 16.1. The van der Waals surface area contributed by atoms with E-state index in [4.69, 9.17) is 15.7 Å². The normalized spacial score (nSPS) is 12.7. The van der Waals surface area contributed by atoms with Gasteiger partial charge >= 0.3 is 5.97 Å². The van der Waals surface area contributed by atoms with E-state index in [9.17, 15) is 4.79 Å². The van der Waals surface area contributed by atoms with Crippen LogP contribution in [0, 0.1) is 0 Å². The van der Waals surface area contributed by atoms with Crippen molar-refractivity contribution in [1.29, 1.82) is 0 Å². The summed E-state index contributed by atoms with van der Waals surface area (Å²) in [6.07, 6.45) is 0.307.